The molecule has 0 aromatic rings. The van der Waals surface area contributed by atoms with E-state index in [4.69, 9.17) is 4.74 Å². The third kappa shape index (κ3) is 3.60. The first kappa shape index (κ1) is 13.2. The molecule has 2 aliphatic rings. The maximum atomic E-state index is 12.3. The molecule has 0 radical (unpaired) electrons. The van der Waals surface area contributed by atoms with Crippen molar-refractivity contribution in [3.8, 4) is 0 Å². The largest absolute Gasteiger partial charge is 0.366 e. The van der Waals surface area contributed by atoms with Crippen LogP contribution in [0, 0.1) is 0 Å². The normalized spacial score (nSPS) is 29.8. The Balaban J connectivity index is 1.90. The number of thioether (sulfide) groups is 1. The predicted octanol–water partition coefficient (Wildman–Crippen LogP) is 0.719. The number of nitrogens with zero attached hydrogens (tertiary/aromatic N) is 1. The number of carbonyl (C=O) groups is 1. The summed E-state index contributed by atoms with van der Waals surface area (Å²) in [5, 5.41) is 3.21. The fourth-order valence-corrected chi connectivity index (χ4v) is 3.27. The summed E-state index contributed by atoms with van der Waals surface area (Å²) in [6.07, 6.45) is 0.791. The fourth-order valence-electron chi connectivity index (χ4n) is 2.17. The second kappa shape index (κ2) is 5.59. The van der Waals surface area contributed by atoms with Gasteiger partial charge in [-0.1, -0.05) is 13.8 Å². The Labute approximate surface area is 107 Å². The Morgan fingerprint density at radius 2 is 2.29 bits per heavy atom. The zero-order chi connectivity index (χ0) is 12.3. The van der Waals surface area contributed by atoms with Gasteiger partial charge in [0.2, 0.25) is 0 Å². The topological polar surface area (TPSA) is 41.6 Å². The summed E-state index contributed by atoms with van der Waals surface area (Å²) < 4.78 is 5.82. The molecule has 2 saturated heterocycles. The van der Waals surface area contributed by atoms with E-state index in [0.717, 1.165) is 31.8 Å². The first-order chi connectivity index (χ1) is 8.08. The maximum Gasteiger partial charge on any atom is 0.253 e. The van der Waals surface area contributed by atoms with Gasteiger partial charge in [-0.3, -0.25) is 4.79 Å². The summed E-state index contributed by atoms with van der Waals surface area (Å²) in [5.41, 5.74) is 0. The average molecular weight is 258 g/mol. The van der Waals surface area contributed by atoms with Crippen LogP contribution in [-0.2, 0) is 9.53 Å². The lowest BCUT2D eigenvalue weighted by Gasteiger charge is -2.29. The van der Waals surface area contributed by atoms with Gasteiger partial charge >= 0.3 is 0 Å². The molecule has 0 aromatic heterocycles. The van der Waals surface area contributed by atoms with Crippen LogP contribution in [0.25, 0.3) is 0 Å². The molecule has 1 N–H and O–H groups in total. The highest BCUT2D eigenvalue weighted by Gasteiger charge is 2.30. The third-order valence-corrected chi connectivity index (χ3v) is 4.72. The van der Waals surface area contributed by atoms with E-state index < -0.39 is 0 Å². The van der Waals surface area contributed by atoms with Crippen LogP contribution in [0.2, 0.25) is 0 Å². The number of ether oxygens (including phenoxy) is 1. The minimum atomic E-state index is -0.269. The second-order valence-corrected chi connectivity index (χ2v) is 7.05. The van der Waals surface area contributed by atoms with E-state index >= 15 is 0 Å². The molecule has 0 bridgehead atoms. The number of morpholine rings is 1. The molecule has 1 unspecified atom stereocenters. The molecule has 5 heteroatoms. The highest BCUT2D eigenvalue weighted by atomic mass is 32.2. The molecule has 17 heavy (non-hydrogen) atoms. The summed E-state index contributed by atoms with van der Waals surface area (Å²) in [6, 6.07) is 0. The van der Waals surface area contributed by atoms with E-state index in [9.17, 15) is 4.79 Å². The van der Waals surface area contributed by atoms with Gasteiger partial charge in [0.05, 0.1) is 6.61 Å². The zero-order valence-corrected chi connectivity index (χ0v) is 11.5. The van der Waals surface area contributed by atoms with Crippen molar-refractivity contribution in [2.24, 2.45) is 0 Å². The van der Waals surface area contributed by atoms with Crippen molar-refractivity contribution in [3.05, 3.63) is 0 Å². The Bertz CT molecular complexity index is 278. The summed E-state index contributed by atoms with van der Waals surface area (Å²) in [4.78, 5) is 14.2. The highest BCUT2D eigenvalue weighted by Crippen LogP contribution is 2.30. The zero-order valence-electron chi connectivity index (χ0n) is 10.7. The molecule has 2 aliphatic heterocycles. The van der Waals surface area contributed by atoms with Crippen molar-refractivity contribution in [1.82, 2.24) is 10.2 Å². The van der Waals surface area contributed by atoms with E-state index in [-0.39, 0.29) is 12.0 Å². The summed E-state index contributed by atoms with van der Waals surface area (Å²) in [5.74, 6) is 1.19. The number of hydrogen-bond acceptors (Lipinski definition) is 4. The van der Waals surface area contributed by atoms with Gasteiger partial charge < -0.3 is 15.0 Å². The van der Waals surface area contributed by atoms with Gasteiger partial charge in [-0.25, -0.2) is 0 Å². The van der Waals surface area contributed by atoms with E-state index in [0.29, 0.717) is 17.9 Å². The molecule has 4 nitrogen and oxygen atoms in total. The summed E-state index contributed by atoms with van der Waals surface area (Å²) in [7, 11) is 0. The van der Waals surface area contributed by atoms with Gasteiger partial charge in [-0.05, 0) is 6.42 Å². The maximum absolute atomic E-state index is 12.3. The Kier molecular flexibility index (Phi) is 4.33. The SMILES string of the molecule is CC1(C)CCN(C(=O)C2CNCCO2)CCS1. The molecule has 1 amide bonds. The number of amides is 1. The number of rotatable bonds is 1. The number of carbonyl (C=O) groups excluding carboxylic acids is 1. The van der Waals surface area contributed by atoms with Crippen LogP contribution < -0.4 is 5.32 Å². The van der Waals surface area contributed by atoms with Crippen molar-refractivity contribution in [3.63, 3.8) is 0 Å². The molecule has 0 aliphatic carbocycles. The van der Waals surface area contributed by atoms with E-state index in [1.807, 2.05) is 16.7 Å². The standard InChI is InChI=1S/C12H22N2O2S/c1-12(2)3-5-14(6-8-17-12)11(15)10-9-13-4-7-16-10/h10,13H,3-9H2,1-2H3. The molecule has 0 aromatic carbocycles. The molecule has 2 heterocycles. The van der Waals surface area contributed by atoms with Gasteiger partial charge in [-0.15, -0.1) is 0 Å². The molecule has 98 valence electrons. The van der Waals surface area contributed by atoms with Crippen molar-refractivity contribution in [2.45, 2.75) is 31.1 Å². The van der Waals surface area contributed by atoms with Gasteiger partial charge in [-0.2, -0.15) is 11.8 Å². The quantitative estimate of drug-likeness (QED) is 0.752. The number of nitrogens with one attached hydrogen (secondary N) is 1. The summed E-state index contributed by atoms with van der Waals surface area (Å²) >= 11 is 1.96. The molecule has 0 saturated carbocycles. The first-order valence-electron chi connectivity index (χ1n) is 6.33. The first-order valence-corrected chi connectivity index (χ1v) is 7.32. The lowest BCUT2D eigenvalue weighted by Crippen LogP contribution is -2.50. The highest BCUT2D eigenvalue weighted by molar-refractivity contribution is 8.00. The molecular weight excluding hydrogens is 236 g/mol. The Morgan fingerprint density at radius 1 is 1.47 bits per heavy atom. The van der Waals surface area contributed by atoms with Crippen molar-refractivity contribution >= 4 is 17.7 Å². The summed E-state index contributed by atoms with van der Waals surface area (Å²) in [6.45, 7) is 8.38. The minimum Gasteiger partial charge on any atom is -0.366 e. The van der Waals surface area contributed by atoms with Crippen LogP contribution in [0.1, 0.15) is 20.3 Å². The van der Waals surface area contributed by atoms with Crippen LogP contribution in [0.5, 0.6) is 0 Å². The molecule has 0 spiro atoms. The average Bonchev–Trinajstić information content (AvgIpc) is 2.50. The number of hydrogen-bond donors (Lipinski definition) is 1. The van der Waals surface area contributed by atoms with Gasteiger partial charge in [0.1, 0.15) is 6.10 Å². The minimum absolute atomic E-state index is 0.163. The van der Waals surface area contributed by atoms with Crippen LogP contribution in [-0.4, -0.2) is 60.2 Å². The molecule has 2 rings (SSSR count). The van der Waals surface area contributed by atoms with Gasteiger partial charge in [0, 0.05) is 36.7 Å². The van der Waals surface area contributed by atoms with E-state index in [2.05, 4.69) is 19.2 Å². The van der Waals surface area contributed by atoms with E-state index in [1.54, 1.807) is 0 Å². The van der Waals surface area contributed by atoms with E-state index in [1.165, 1.54) is 0 Å². The molecule has 1 atom stereocenters. The van der Waals surface area contributed by atoms with Crippen LogP contribution in [0.3, 0.4) is 0 Å². The lowest BCUT2D eigenvalue weighted by molar-refractivity contribution is -0.145. The fraction of sp³-hybridized carbons (Fsp3) is 0.917. The second-order valence-electron chi connectivity index (χ2n) is 5.25. The van der Waals surface area contributed by atoms with Crippen molar-refractivity contribution in [2.75, 3.05) is 38.5 Å². The van der Waals surface area contributed by atoms with Crippen molar-refractivity contribution in [1.29, 1.82) is 0 Å². The monoisotopic (exact) mass is 258 g/mol. The Morgan fingerprint density at radius 3 is 3.00 bits per heavy atom. The predicted molar refractivity (Wildman–Crippen MR) is 70.3 cm³/mol. The van der Waals surface area contributed by atoms with Crippen LogP contribution in [0.4, 0.5) is 0 Å². The molecular formula is C12H22N2O2S. The third-order valence-electron chi connectivity index (χ3n) is 3.35. The van der Waals surface area contributed by atoms with Gasteiger partial charge in [0.25, 0.3) is 5.91 Å². The van der Waals surface area contributed by atoms with Crippen LogP contribution in [0.15, 0.2) is 0 Å². The van der Waals surface area contributed by atoms with Crippen molar-refractivity contribution < 1.29 is 9.53 Å². The Hall–Kier alpha value is -0.260. The van der Waals surface area contributed by atoms with Crippen LogP contribution >= 0.6 is 11.8 Å². The smallest absolute Gasteiger partial charge is 0.253 e. The lowest BCUT2D eigenvalue weighted by atomic mass is 10.1. The molecule has 2 fully saturated rings. The van der Waals surface area contributed by atoms with Gasteiger partial charge in [0.15, 0.2) is 0 Å².